The van der Waals surface area contributed by atoms with Crippen molar-refractivity contribution in [3.05, 3.63) is 35.4 Å². The maximum Gasteiger partial charge on any atom is 0.0916 e. The second kappa shape index (κ2) is 7.92. The molecular formula is C18H30N2O. The second-order valence-electron chi connectivity index (χ2n) is 6.70. The van der Waals surface area contributed by atoms with Crippen LogP contribution in [0.25, 0.3) is 0 Å². The van der Waals surface area contributed by atoms with Gasteiger partial charge in [-0.25, -0.2) is 0 Å². The third kappa shape index (κ3) is 4.80. The molecule has 21 heavy (non-hydrogen) atoms. The first-order chi connectivity index (χ1) is 10.1. The van der Waals surface area contributed by atoms with E-state index in [2.05, 4.69) is 18.7 Å². The highest BCUT2D eigenvalue weighted by Crippen LogP contribution is 2.25. The third-order valence-corrected chi connectivity index (χ3v) is 4.84. The number of benzene rings is 1. The van der Waals surface area contributed by atoms with Gasteiger partial charge in [0.1, 0.15) is 0 Å². The van der Waals surface area contributed by atoms with Crippen LogP contribution in [-0.2, 0) is 6.54 Å². The Hall–Kier alpha value is -0.900. The molecule has 1 fully saturated rings. The van der Waals surface area contributed by atoms with Crippen LogP contribution in [0.1, 0.15) is 50.3 Å². The molecule has 2 unspecified atom stereocenters. The molecular weight excluding hydrogens is 260 g/mol. The lowest BCUT2D eigenvalue weighted by Crippen LogP contribution is -2.30. The lowest BCUT2D eigenvalue weighted by Gasteiger charge is -2.24. The molecule has 2 atom stereocenters. The Kier molecular flexibility index (Phi) is 6.22. The zero-order chi connectivity index (χ0) is 15.2. The van der Waals surface area contributed by atoms with Gasteiger partial charge < -0.3 is 15.7 Å². The van der Waals surface area contributed by atoms with Crippen LogP contribution in [0.15, 0.2) is 24.3 Å². The highest BCUT2D eigenvalue weighted by Gasteiger charge is 2.21. The van der Waals surface area contributed by atoms with Gasteiger partial charge in [0, 0.05) is 13.1 Å². The van der Waals surface area contributed by atoms with Gasteiger partial charge in [-0.05, 0) is 55.3 Å². The van der Waals surface area contributed by atoms with Crippen LogP contribution in [0, 0.1) is 11.8 Å². The zero-order valence-electron chi connectivity index (χ0n) is 13.5. The molecule has 1 aliphatic rings. The summed E-state index contributed by atoms with van der Waals surface area (Å²) in [5, 5.41) is 10.4. The minimum Gasteiger partial charge on any atom is -0.387 e. The molecule has 1 saturated heterocycles. The van der Waals surface area contributed by atoms with E-state index in [0.717, 1.165) is 42.6 Å². The molecule has 0 bridgehead atoms. The van der Waals surface area contributed by atoms with Crippen molar-refractivity contribution in [2.75, 3.05) is 19.6 Å². The monoisotopic (exact) mass is 290 g/mol. The number of hydrogen-bond donors (Lipinski definition) is 2. The standard InChI is InChI=1S/C18H30N2O/c1-14(2)16-4-3-10-20(11-9-16)13-18(21)17-7-5-15(12-19)6-8-17/h5-8,14,16,18,21H,3-4,9-13,19H2,1-2H3. The van der Waals surface area contributed by atoms with Crippen LogP contribution in [0.5, 0.6) is 0 Å². The van der Waals surface area contributed by atoms with E-state index in [9.17, 15) is 5.11 Å². The number of β-amino-alcohol motifs (C(OH)–C–C–N with tert-alkyl or cyclic N) is 1. The Bertz CT molecular complexity index is 416. The summed E-state index contributed by atoms with van der Waals surface area (Å²) in [4.78, 5) is 2.42. The van der Waals surface area contributed by atoms with Crippen molar-refractivity contribution >= 4 is 0 Å². The zero-order valence-corrected chi connectivity index (χ0v) is 13.5. The van der Waals surface area contributed by atoms with Crippen molar-refractivity contribution in [2.45, 2.75) is 45.8 Å². The number of nitrogens with zero attached hydrogens (tertiary/aromatic N) is 1. The molecule has 118 valence electrons. The Morgan fingerprint density at radius 3 is 2.52 bits per heavy atom. The fraction of sp³-hybridized carbons (Fsp3) is 0.667. The number of hydrogen-bond acceptors (Lipinski definition) is 3. The van der Waals surface area contributed by atoms with Crippen LogP contribution < -0.4 is 5.73 Å². The van der Waals surface area contributed by atoms with E-state index in [-0.39, 0.29) is 0 Å². The fourth-order valence-electron chi connectivity index (χ4n) is 3.26. The van der Waals surface area contributed by atoms with Gasteiger partial charge in [-0.15, -0.1) is 0 Å². The van der Waals surface area contributed by atoms with Gasteiger partial charge in [0.15, 0.2) is 0 Å². The number of nitrogens with two attached hydrogens (primary N) is 1. The molecule has 1 aromatic carbocycles. The van der Waals surface area contributed by atoms with Crippen molar-refractivity contribution in [3.63, 3.8) is 0 Å². The fourth-order valence-corrected chi connectivity index (χ4v) is 3.26. The highest BCUT2D eigenvalue weighted by molar-refractivity contribution is 5.24. The number of rotatable bonds is 5. The molecule has 1 aromatic rings. The smallest absolute Gasteiger partial charge is 0.0916 e. The lowest BCUT2D eigenvalue weighted by atomic mass is 9.89. The minimum atomic E-state index is -0.396. The normalized spacial score (nSPS) is 22.2. The first-order valence-corrected chi connectivity index (χ1v) is 8.29. The quantitative estimate of drug-likeness (QED) is 0.876. The van der Waals surface area contributed by atoms with E-state index < -0.39 is 6.10 Å². The third-order valence-electron chi connectivity index (χ3n) is 4.84. The predicted molar refractivity (Wildman–Crippen MR) is 87.9 cm³/mol. The van der Waals surface area contributed by atoms with Crippen molar-refractivity contribution in [2.24, 2.45) is 17.6 Å². The number of likely N-dealkylation sites (tertiary alicyclic amines) is 1. The molecule has 0 saturated carbocycles. The van der Waals surface area contributed by atoms with Gasteiger partial charge in [0.05, 0.1) is 6.10 Å². The molecule has 3 nitrogen and oxygen atoms in total. The van der Waals surface area contributed by atoms with Crippen LogP contribution in [0.3, 0.4) is 0 Å². The summed E-state index contributed by atoms with van der Waals surface area (Å²) < 4.78 is 0. The van der Waals surface area contributed by atoms with Crippen LogP contribution >= 0.6 is 0 Å². The second-order valence-corrected chi connectivity index (χ2v) is 6.70. The van der Waals surface area contributed by atoms with Gasteiger partial charge in [-0.1, -0.05) is 38.1 Å². The van der Waals surface area contributed by atoms with Gasteiger partial charge in [-0.2, -0.15) is 0 Å². The minimum absolute atomic E-state index is 0.396. The summed E-state index contributed by atoms with van der Waals surface area (Å²) in [6.07, 6.45) is 3.45. The maximum atomic E-state index is 10.4. The molecule has 1 aliphatic heterocycles. The summed E-state index contributed by atoms with van der Waals surface area (Å²) in [5.41, 5.74) is 7.72. The Balaban J connectivity index is 1.88. The molecule has 0 aliphatic carbocycles. The first-order valence-electron chi connectivity index (χ1n) is 8.29. The van der Waals surface area contributed by atoms with E-state index in [1.807, 2.05) is 24.3 Å². The average molecular weight is 290 g/mol. The molecule has 0 aromatic heterocycles. The number of aliphatic hydroxyl groups excluding tert-OH is 1. The highest BCUT2D eigenvalue weighted by atomic mass is 16.3. The number of aliphatic hydroxyl groups is 1. The molecule has 3 heteroatoms. The summed E-state index contributed by atoms with van der Waals surface area (Å²) in [6.45, 7) is 8.18. The average Bonchev–Trinajstić information content (AvgIpc) is 2.73. The summed E-state index contributed by atoms with van der Waals surface area (Å²) in [6, 6.07) is 8.02. The van der Waals surface area contributed by atoms with E-state index in [1.165, 1.54) is 19.3 Å². The molecule has 0 radical (unpaired) electrons. The molecule has 2 rings (SSSR count). The van der Waals surface area contributed by atoms with Crippen LogP contribution in [0.4, 0.5) is 0 Å². The summed E-state index contributed by atoms with van der Waals surface area (Å²) >= 11 is 0. The van der Waals surface area contributed by atoms with Crippen molar-refractivity contribution in [1.82, 2.24) is 4.90 Å². The van der Waals surface area contributed by atoms with E-state index in [1.54, 1.807) is 0 Å². The van der Waals surface area contributed by atoms with Gasteiger partial charge in [-0.3, -0.25) is 0 Å². The van der Waals surface area contributed by atoms with Crippen molar-refractivity contribution < 1.29 is 5.11 Å². The van der Waals surface area contributed by atoms with Gasteiger partial charge >= 0.3 is 0 Å². The summed E-state index contributed by atoms with van der Waals surface area (Å²) in [5.74, 6) is 1.62. The Morgan fingerprint density at radius 2 is 1.90 bits per heavy atom. The van der Waals surface area contributed by atoms with Crippen LogP contribution in [0.2, 0.25) is 0 Å². The topological polar surface area (TPSA) is 49.5 Å². The molecule has 0 spiro atoms. The van der Waals surface area contributed by atoms with Gasteiger partial charge in [0.2, 0.25) is 0 Å². The van der Waals surface area contributed by atoms with E-state index in [0.29, 0.717) is 6.54 Å². The van der Waals surface area contributed by atoms with Crippen molar-refractivity contribution in [1.29, 1.82) is 0 Å². The maximum absolute atomic E-state index is 10.4. The van der Waals surface area contributed by atoms with Crippen molar-refractivity contribution in [3.8, 4) is 0 Å². The molecule has 1 heterocycles. The molecule has 0 amide bonds. The lowest BCUT2D eigenvalue weighted by molar-refractivity contribution is 0.114. The van der Waals surface area contributed by atoms with Gasteiger partial charge in [0.25, 0.3) is 0 Å². The van der Waals surface area contributed by atoms with E-state index >= 15 is 0 Å². The summed E-state index contributed by atoms with van der Waals surface area (Å²) in [7, 11) is 0. The first kappa shape index (κ1) is 16.5. The largest absolute Gasteiger partial charge is 0.387 e. The molecule has 3 N–H and O–H groups in total. The Labute approximate surface area is 129 Å². The Morgan fingerprint density at radius 1 is 1.19 bits per heavy atom. The van der Waals surface area contributed by atoms with Crippen LogP contribution in [-0.4, -0.2) is 29.6 Å². The van der Waals surface area contributed by atoms with E-state index in [4.69, 9.17) is 5.73 Å². The SMILES string of the molecule is CC(C)C1CCCN(CC(O)c2ccc(CN)cc2)CC1. The predicted octanol–water partition coefficient (Wildman–Crippen LogP) is 2.94.